The van der Waals surface area contributed by atoms with Crippen LogP contribution in [0.25, 0.3) is 10.6 Å². The Kier molecular flexibility index (Phi) is 5.28. The third-order valence-electron chi connectivity index (χ3n) is 4.75. The molecule has 5 nitrogen and oxygen atoms in total. The van der Waals surface area contributed by atoms with Crippen LogP contribution in [0.4, 0.5) is 5.69 Å². The highest BCUT2D eigenvalue weighted by Gasteiger charge is 2.34. The number of hydrogen-bond acceptors (Lipinski definition) is 6. The molecule has 0 spiro atoms. The molecule has 7 heteroatoms. The van der Waals surface area contributed by atoms with Crippen LogP contribution in [0.3, 0.4) is 0 Å². The minimum atomic E-state index is -0.837. The molecule has 2 aromatic heterocycles. The van der Waals surface area contributed by atoms with Gasteiger partial charge in [0.25, 0.3) is 5.91 Å². The number of carbonyl (C=O) groups excluding carboxylic acids is 2. The Morgan fingerprint density at radius 3 is 2.89 bits per heavy atom. The Morgan fingerprint density at radius 2 is 2.11 bits per heavy atom. The Hall–Kier alpha value is -2.51. The highest BCUT2D eigenvalue weighted by atomic mass is 32.1. The van der Waals surface area contributed by atoms with Crippen LogP contribution in [0.1, 0.15) is 25.1 Å². The molecule has 0 radical (unpaired) electrons. The maximum atomic E-state index is 12.9. The first-order valence-corrected chi connectivity index (χ1v) is 10.9. The summed E-state index contributed by atoms with van der Waals surface area (Å²) in [6, 6.07) is 9.91. The van der Waals surface area contributed by atoms with Crippen molar-refractivity contribution in [2.75, 3.05) is 4.90 Å². The second-order valence-electron chi connectivity index (χ2n) is 6.85. The molecule has 0 unspecified atom stereocenters. The van der Waals surface area contributed by atoms with Gasteiger partial charge in [-0.15, -0.1) is 11.3 Å². The van der Waals surface area contributed by atoms with Crippen molar-refractivity contribution in [3.63, 3.8) is 0 Å². The van der Waals surface area contributed by atoms with E-state index in [1.807, 2.05) is 53.4 Å². The van der Waals surface area contributed by atoms with E-state index in [0.29, 0.717) is 5.69 Å². The third-order valence-corrected chi connectivity index (χ3v) is 6.37. The number of amides is 1. The highest BCUT2D eigenvalue weighted by molar-refractivity contribution is 7.14. The number of nitrogens with zero attached hydrogens (tertiary/aromatic N) is 2. The van der Waals surface area contributed by atoms with Gasteiger partial charge in [0.05, 0.1) is 12.1 Å². The van der Waals surface area contributed by atoms with Crippen molar-refractivity contribution < 1.29 is 14.3 Å². The Balaban J connectivity index is 1.39. The zero-order valence-corrected chi connectivity index (χ0v) is 17.3. The molecule has 4 rings (SSSR count). The number of anilines is 1. The lowest BCUT2D eigenvalue weighted by Crippen LogP contribution is -2.43. The van der Waals surface area contributed by atoms with Crippen molar-refractivity contribution in [3.05, 3.63) is 57.7 Å². The smallest absolute Gasteiger partial charge is 0.312 e. The quantitative estimate of drug-likeness (QED) is 0.586. The van der Waals surface area contributed by atoms with Crippen LogP contribution in [0.5, 0.6) is 0 Å². The van der Waals surface area contributed by atoms with Crippen molar-refractivity contribution in [1.82, 2.24) is 4.98 Å². The molecule has 1 amide bonds. The van der Waals surface area contributed by atoms with Gasteiger partial charge in [0.1, 0.15) is 5.01 Å². The fourth-order valence-electron chi connectivity index (χ4n) is 3.44. The predicted octanol–water partition coefficient (Wildman–Crippen LogP) is 4.32. The van der Waals surface area contributed by atoms with Gasteiger partial charge in [0.15, 0.2) is 6.10 Å². The van der Waals surface area contributed by atoms with Gasteiger partial charge in [-0.05, 0) is 43.3 Å². The average Bonchev–Trinajstić information content (AvgIpc) is 3.39. The van der Waals surface area contributed by atoms with E-state index in [9.17, 15) is 9.59 Å². The van der Waals surface area contributed by atoms with E-state index in [4.69, 9.17) is 4.74 Å². The van der Waals surface area contributed by atoms with Gasteiger partial charge in [0, 0.05) is 28.1 Å². The van der Waals surface area contributed by atoms with Gasteiger partial charge in [-0.25, -0.2) is 4.98 Å². The molecule has 3 aromatic rings. The van der Waals surface area contributed by atoms with Crippen LogP contribution < -0.4 is 4.90 Å². The van der Waals surface area contributed by atoms with E-state index < -0.39 is 12.1 Å². The van der Waals surface area contributed by atoms with E-state index in [-0.39, 0.29) is 18.4 Å². The molecule has 0 saturated heterocycles. The lowest BCUT2D eigenvalue weighted by molar-refractivity contribution is -0.153. The molecule has 3 heterocycles. The number of thiophene rings is 1. The van der Waals surface area contributed by atoms with E-state index in [0.717, 1.165) is 28.2 Å². The summed E-state index contributed by atoms with van der Waals surface area (Å²) in [6.45, 7) is 3.64. The average molecular weight is 413 g/mol. The number of fused-ring (bicyclic) bond motifs is 1. The summed E-state index contributed by atoms with van der Waals surface area (Å²) >= 11 is 3.11. The third kappa shape index (κ3) is 3.72. The lowest BCUT2D eigenvalue weighted by atomic mass is 10.1. The minimum Gasteiger partial charge on any atom is -0.452 e. The van der Waals surface area contributed by atoms with Crippen molar-refractivity contribution in [2.45, 2.75) is 38.8 Å². The number of esters is 1. The molecular formula is C21H20N2O3S2. The van der Waals surface area contributed by atoms with E-state index in [1.54, 1.807) is 23.2 Å². The number of hydrogen-bond donors (Lipinski definition) is 0. The van der Waals surface area contributed by atoms with Crippen LogP contribution in [0.2, 0.25) is 0 Å². The number of aromatic nitrogens is 1. The molecule has 0 bridgehead atoms. The monoisotopic (exact) mass is 412 g/mol. The molecule has 0 saturated carbocycles. The normalized spacial score (nSPS) is 16.6. The number of benzene rings is 1. The molecule has 0 fully saturated rings. The molecule has 28 heavy (non-hydrogen) atoms. The van der Waals surface area contributed by atoms with E-state index in [2.05, 4.69) is 4.98 Å². The largest absolute Gasteiger partial charge is 0.452 e. The molecule has 2 atom stereocenters. The molecule has 1 aromatic carbocycles. The summed E-state index contributed by atoms with van der Waals surface area (Å²) in [6.07, 6.45) is 0.0352. The zero-order valence-electron chi connectivity index (χ0n) is 15.6. The topological polar surface area (TPSA) is 59.5 Å². The van der Waals surface area contributed by atoms with Crippen molar-refractivity contribution in [1.29, 1.82) is 0 Å². The predicted molar refractivity (Wildman–Crippen MR) is 112 cm³/mol. The Morgan fingerprint density at radius 1 is 1.29 bits per heavy atom. The molecule has 0 N–H and O–H groups in total. The zero-order chi connectivity index (χ0) is 19.7. The SMILES string of the molecule is C[C@H](OC(=O)Cc1csc(-c2ccsc2)n1)C(=O)N1c2ccccc2C[C@@H]1C. The van der Waals surface area contributed by atoms with E-state index >= 15 is 0 Å². The second-order valence-corrected chi connectivity index (χ2v) is 8.49. The lowest BCUT2D eigenvalue weighted by Gasteiger charge is -2.25. The van der Waals surface area contributed by atoms with E-state index in [1.165, 1.54) is 11.3 Å². The van der Waals surface area contributed by atoms with Crippen molar-refractivity contribution in [3.8, 4) is 10.6 Å². The molecule has 144 valence electrons. The summed E-state index contributed by atoms with van der Waals surface area (Å²) in [5.74, 6) is -0.633. The van der Waals surface area contributed by atoms with Crippen LogP contribution in [-0.2, 0) is 27.2 Å². The summed E-state index contributed by atoms with van der Waals surface area (Å²) in [5.41, 5.74) is 3.77. The summed E-state index contributed by atoms with van der Waals surface area (Å²) in [5, 5.41) is 6.77. The summed E-state index contributed by atoms with van der Waals surface area (Å²) in [4.78, 5) is 31.5. The summed E-state index contributed by atoms with van der Waals surface area (Å²) < 4.78 is 5.43. The number of para-hydroxylation sites is 1. The second kappa shape index (κ2) is 7.85. The van der Waals surface area contributed by atoms with Gasteiger partial charge < -0.3 is 9.64 Å². The number of rotatable bonds is 5. The first-order chi connectivity index (χ1) is 13.5. The van der Waals surface area contributed by atoms with Crippen LogP contribution in [-0.4, -0.2) is 29.0 Å². The Bertz CT molecular complexity index is 997. The first kappa shape index (κ1) is 18.8. The molecule has 0 aliphatic carbocycles. The molecule has 1 aliphatic rings. The van der Waals surface area contributed by atoms with Gasteiger partial charge >= 0.3 is 5.97 Å². The van der Waals surface area contributed by atoms with Crippen LogP contribution >= 0.6 is 22.7 Å². The maximum absolute atomic E-state index is 12.9. The van der Waals surface area contributed by atoms with Crippen LogP contribution in [0, 0.1) is 0 Å². The fraction of sp³-hybridized carbons (Fsp3) is 0.286. The van der Waals surface area contributed by atoms with Gasteiger partial charge in [-0.2, -0.15) is 11.3 Å². The summed E-state index contributed by atoms with van der Waals surface area (Å²) in [7, 11) is 0. The minimum absolute atomic E-state index is 0.0535. The fourth-order valence-corrected chi connectivity index (χ4v) is 4.97. The van der Waals surface area contributed by atoms with Gasteiger partial charge in [0.2, 0.25) is 0 Å². The van der Waals surface area contributed by atoms with Gasteiger partial charge in [-0.1, -0.05) is 18.2 Å². The maximum Gasteiger partial charge on any atom is 0.312 e. The number of thiazole rings is 1. The Labute approximate surface area is 171 Å². The number of carbonyl (C=O) groups is 2. The van der Waals surface area contributed by atoms with Crippen LogP contribution in [0.15, 0.2) is 46.5 Å². The van der Waals surface area contributed by atoms with Gasteiger partial charge in [-0.3, -0.25) is 9.59 Å². The highest BCUT2D eigenvalue weighted by Crippen LogP contribution is 2.32. The van der Waals surface area contributed by atoms with Crippen molar-refractivity contribution in [2.24, 2.45) is 0 Å². The molecular weight excluding hydrogens is 392 g/mol. The molecule has 1 aliphatic heterocycles. The number of ether oxygens (including phenoxy) is 1. The van der Waals surface area contributed by atoms with Crippen molar-refractivity contribution >= 4 is 40.2 Å². The standard InChI is InChI=1S/C21H20N2O3S2/c1-13-9-15-5-3-4-6-18(15)23(13)21(25)14(2)26-19(24)10-17-12-28-20(22-17)16-7-8-27-11-16/h3-8,11-14H,9-10H2,1-2H3/t13-,14-/m0/s1. The first-order valence-electron chi connectivity index (χ1n) is 9.10.